The molecule has 0 saturated carbocycles. The van der Waals surface area contributed by atoms with E-state index < -0.39 is 6.09 Å². The lowest BCUT2D eigenvalue weighted by Crippen LogP contribution is -2.22. The summed E-state index contributed by atoms with van der Waals surface area (Å²) in [5.41, 5.74) is 1.10. The molecule has 0 aliphatic heterocycles. The normalized spacial score (nSPS) is 9.76. The molecule has 0 saturated heterocycles. The molecule has 0 spiro atoms. The third-order valence-electron chi connectivity index (χ3n) is 2.68. The van der Waals surface area contributed by atoms with E-state index in [1.165, 1.54) is 0 Å². The summed E-state index contributed by atoms with van der Waals surface area (Å²) in [6.45, 7) is 2.43. The number of hydrogen-bond acceptors (Lipinski definition) is 3. The van der Waals surface area contributed by atoms with Crippen molar-refractivity contribution in [3.05, 3.63) is 60.2 Å². The van der Waals surface area contributed by atoms with Crippen LogP contribution in [0.2, 0.25) is 0 Å². The Hall–Kier alpha value is -2.82. The number of anilines is 1. The van der Waals surface area contributed by atoms with Gasteiger partial charge in [0.2, 0.25) is 0 Å². The number of nitrogens with one attached hydrogen (secondary N) is 2. The molecule has 108 valence electrons. The van der Waals surface area contributed by atoms with Gasteiger partial charge in [-0.1, -0.05) is 18.2 Å². The molecule has 0 aliphatic carbocycles. The second kappa shape index (κ2) is 7.09. The third-order valence-corrected chi connectivity index (χ3v) is 2.68. The molecule has 0 radical (unpaired) electrons. The van der Waals surface area contributed by atoms with Crippen molar-refractivity contribution in [2.75, 3.05) is 11.9 Å². The highest BCUT2D eigenvalue weighted by atomic mass is 16.6. The molecule has 0 heterocycles. The van der Waals surface area contributed by atoms with Crippen LogP contribution < -0.4 is 15.4 Å². The maximum atomic E-state index is 11.7. The molecule has 2 rings (SSSR count). The highest BCUT2D eigenvalue weighted by Crippen LogP contribution is 2.12. The Morgan fingerprint density at radius 3 is 2.29 bits per heavy atom. The summed E-state index contributed by atoms with van der Waals surface area (Å²) in [5, 5.41) is 5.30. The summed E-state index contributed by atoms with van der Waals surface area (Å²) < 4.78 is 5.11. The van der Waals surface area contributed by atoms with E-state index in [2.05, 4.69) is 10.6 Å². The van der Waals surface area contributed by atoms with Crippen molar-refractivity contribution in [1.82, 2.24) is 5.32 Å². The Labute approximate surface area is 122 Å². The zero-order valence-electron chi connectivity index (χ0n) is 11.6. The van der Waals surface area contributed by atoms with Crippen LogP contribution in [0, 0.1) is 0 Å². The van der Waals surface area contributed by atoms with Gasteiger partial charge in [0, 0.05) is 17.8 Å². The van der Waals surface area contributed by atoms with Gasteiger partial charge in [-0.2, -0.15) is 0 Å². The molecule has 0 aromatic heterocycles. The fourth-order valence-electron chi connectivity index (χ4n) is 1.71. The van der Waals surface area contributed by atoms with Crippen molar-refractivity contribution < 1.29 is 14.3 Å². The topological polar surface area (TPSA) is 67.4 Å². The van der Waals surface area contributed by atoms with Crippen LogP contribution in [-0.4, -0.2) is 18.5 Å². The molecule has 5 nitrogen and oxygen atoms in total. The van der Waals surface area contributed by atoms with Crippen LogP contribution in [-0.2, 0) is 0 Å². The van der Waals surface area contributed by atoms with Crippen LogP contribution in [0.15, 0.2) is 54.6 Å². The van der Waals surface area contributed by atoms with Crippen molar-refractivity contribution in [2.24, 2.45) is 0 Å². The Kier molecular flexibility index (Phi) is 4.93. The number of ether oxygens (including phenoxy) is 1. The molecule has 2 N–H and O–H groups in total. The second-order valence-electron chi connectivity index (χ2n) is 4.26. The lowest BCUT2D eigenvalue weighted by molar-refractivity contribution is 0.0956. The standard InChI is InChI=1S/C16H16N2O3/c1-2-17-15(19)12-8-10-13(11-9-12)18-16(20)21-14-6-4-3-5-7-14/h3-11H,2H2,1H3,(H,17,19)(H,18,20). The second-order valence-corrected chi connectivity index (χ2v) is 4.26. The van der Waals surface area contributed by atoms with Gasteiger partial charge in [-0.25, -0.2) is 4.79 Å². The molecule has 2 amide bonds. The molecule has 0 bridgehead atoms. The largest absolute Gasteiger partial charge is 0.417 e. The van der Waals surface area contributed by atoms with Gasteiger partial charge in [-0.05, 0) is 43.3 Å². The van der Waals surface area contributed by atoms with E-state index in [-0.39, 0.29) is 5.91 Å². The molecular weight excluding hydrogens is 268 g/mol. The molecule has 2 aromatic rings. The average molecular weight is 284 g/mol. The van der Waals surface area contributed by atoms with E-state index in [1.807, 2.05) is 13.0 Å². The fourth-order valence-corrected chi connectivity index (χ4v) is 1.71. The quantitative estimate of drug-likeness (QED) is 0.906. The van der Waals surface area contributed by atoms with Gasteiger partial charge >= 0.3 is 6.09 Å². The zero-order valence-corrected chi connectivity index (χ0v) is 11.6. The molecular formula is C16H16N2O3. The van der Waals surface area contributed by atoms with E-state index in [9.17, 15) is 9.59 Å². The number of para-hydroxylation sites is 1. The summed E-state index contributed by atoms with van der Waals surface area (Å²) in [6.07, 6.45) is -0.577. The lowest BCUT2D eigenvalue weighted by Gasteiger charge is -2.07. The maximum absolute atomic E-state index is 11.7. The Morgan fingerprint density at radius 2 is 1.67 bits per heavy atom. The molecule has 0 aliphatic rings. The summed E-state index contributed by atoms with van der Waals surface area (Å²) in [6, 6.07) is 15.4. The fraction of sp³-hybridized carbons (Fsp3) is 0.125. The first-order chi connectivity index (χ1) is 10.2. The van der Waals surface area contributed by atoms with Gasteiger partial charge in [-0.3, -0.25) is 10.1 Å². The SMILES string of the molecule is CCNC(=O)c1ccc(NC(=O)Oc2ccccc2)cc1. The highest BCUT2D eigenvalue weighted by Gasteiger charge is 2.07. The summed E-state index contributed by atoms with van der Waals surface area (Å²) in [4.78, 5) is 23.3. The third kappa shape index (κ3) is 4.35. The first-order valence-electron chi connectivity index (χ1n) is 6.61. The molecule has 21 heavy (non-hydrogen) atoms. The minimum absolute atomic E-state index is 0.143. The van der Waals surface area contributed by atoms with E-state index in [0.29, 0.717) is 23.5 Å². The lowest BCUT2D eigenvalue weighted by atomic mass is 10.2. The van der Waals surface area contributed by atoms with Crippen molar-refractivity contribution >= 4 is 17.7 Å². The van der Waals surface area contributed by atoms with Gasteiger partial charge < -0.3 is 10.1 Å². The number of hydrogen-bond donors (Lipinski definition) is 2. The van der Waals surface area contributed by atoms with Crippen molar-refractivity contribution in [1.29, 1.82) is 0 Å². The zero-order chi connectivity index (χ0) is 15.1. The predicted octanol–water partition coefficient (Wildman–Crippen LogP) is 3.05. The van der Waals surface area contributed by atoms with Crippen LogP contribution in [0.4, 0.5) is 10.5 Å². The van der Waals surface area contributed by atoms with Gasteiger partial charge in [0.15, 0.2) is 0 Å². The molecule has 0 unspecified atom stereocenters. The smallest absolute Gasteiger partial charge is 0.410 e. The molecule has 0 atom stereocenters. The summed E-state index contributed by atoms with van der Waals surface area (Å²) in [7, 11) is 0. The number of amides is 2. The number of carbonyl (C=O) groups excluding carboxylic acids is 2. The van der Waals surface area contributed by atoms with E-state index in [1.54, 1.807) is 48.5 Å². The van der Waals surface area contributed by atoms with E-state index in [4.69, 9.17) is 4.74 Å². The van der Waals surface area contributed by atoms with Gasteiger partial charge in [-0.15, -0.1) is 0 Å². The number of benzene rings is 2. The van der Waals surface area contributed by atoms with E-state index >= 15 is 0 Å². The van der Waals surface area contributed by atoms with Crippen molar-refractivity contribution in [3.8, 4) is 5.75 Å². The summed E-state index contributed by atoms with van der Waals surface area (Å²) in [5.74, 6) is 0.324. The first kappa shape index (κ1) is 14.6. The number of rotatable bonds is 4. The van der Waals surface area contributed by atoms with Gasteiger partial charge in [0.1, 0.15) is 5.75 Å². The van der Waals surface area contributed by atoms with Gasteiger partial charge in [0.25, 0.3) is 5.91 Å². The van der Waals surface area contributed by atoms with Crippen LogP contribution in [0.1, 0.15) is 17.3 Å². The monoisotopic (exact) mass is 284 g/mol. The van der Waals surface area contributed by atoms with Crippen molar-refractivity contribution in [3.63, 3.8) is 0 Å². The minimum atomic E-state index is -0.577. The molecule has 5 heteroatoms. The highest BCUT2D eigenvalue weighted by molar-refractivity contribution is 5.95. The van der Waals surface area contributed by atoms with Crippen LogP contribution >= 0.6 is 0 Å². The molecule has 2 aromatic carbocycles. The van der Waals surface area contributed by atoms with Crippen molar-refractivity contribution in [2.45, 2.75) is 6.92 Å². The first-order valence-corrected chi connectivity index (χ1v) is 6.61. The summed E-state index contributed by atoms with van der Waals surface area (Å²) >= 11 is 0. The Morgan fingerprint density at radius 1 is 1.00 bits per heavy atom. The predicted molar refractivity (Wildman–Crippen MR) is 80.5 cm³/mol. The molecule has 0 fully saturated rings. The van der Waals surface area contributed by atoms with Gasteiger partial charge in [0.05, 0.1) is 0 Å². The van der Waals surface area contributed by atoms with Crippen LogP contribution in [0.3, 0.4) is 0 Å². The number of carbonyl (C=O) groups is 2. The Bertz CT molecular complexity index is 609. The minimum Gasteiger partial charge on any atom is -0.410 e. The van der Waals surface area contributed by atoms with Crippen LogP contribution in [0.5, 0.6) is 5.75 Å². The van der Waals surface area contributed by atoms with E-state index in [0.717, 1.165) is 0 Å². The Balaban J connectivity index is 1.94. The maximum Gasteiger partial charge on any atom is 0.417 e. The average Bonchev–Trinajstić information content (AvgIpc) is 2.49. The van der Waals surface area contributed by atoms with Crippen LogP contribution in [0.25, 0.3) is 0 Å².